The molecule has 2 aliphatic rings. The minimum atomic E-state index is -4.66. The zero-order valence-electron chi connectivity index (χ0n) is 19.1. The maximum absolute atomic E-state index is 13.8. The summed E-state index contributed by atoms with van der Waals surface area (Å²) >= 11 is 0. The second kappa shape index (κ2) is 8.76. The van der Waals surface area contributed by atoms with Crippen molar-refractivity contribution in [1.29, 1.82) is 0 Å². The zero-order valence-corrected chi connectivity index (χ0v) is 19.1. The van der Waals surface area contributed by atoms with Gasteiger partial charge in [-0.1, -0.05) is 44.2 Å². The minimum Gasteiger partial charge on any atom is -0.480 e. The van der Waals surface area contributed by atoms with Gasteiger partial charge >= 0.3 is 12.1 Å². The van der Waals surface area contributed by atoms with Crippen LogP contribution in [0.25, 0.3) is 0 Å². The Morgan fingerprint density at radius 2 is 1.66 bits per heavy atom. The molecule has 2 heterocycles. The standard InChI is InChI=1S/C25H25F3N2O5/c1-3-13-7-5-8-14(4-2)20(13)30-21(32)17-18(22(30)33)24(12-31,23(34)35)29-19(17)15-9-6-10-16(11-15)25(26,27)28/h5-11,17-19,29,31H,3-4,12H2,1-2H3,(H,34,35). The van der Waals surface area contributed by atoms with Crippen molar-refractivity contribution in [2.45, 2.75) is 44.4 Å². The molecule has 7 nitrogen and oxygen atoms in total. The molecule has 2 aromatic carbocycles. The summed E-state index contributed by atoms with van der Waals surface area (Å²) in [5.74, 6) is -5.89. The summed E-state index contributed by atoms with van der Waals surface area (Å²) in [6.07, 6.45) is -3.67. The van der Waals surface area contributed by atoms with Gasteiger partial charge in [0.25, 0.3) is 0 Å². The number of anilines is 1. The molecular weight excluding hydrogens is 465 g/mol. The van der Waals surface area contributed by atoms with Gasteiger partial charge in [-0.25, -0.2) is 4.90 Å². The molecule has 2 fully saturated rings. The summed E-state index contributed by atoms with van der Waals surface area (Å²) in [6, 6.07) is 8.31. The van der Waals surface area contributed by atoms with Crippen LogP contribution in [0.5, 0.6) is 0 Å². The molecule has 0 radical (unpaired) electrons. The Bertz CT molecular complexity index is 1180. The lowest BCUT2D eigenvalue weighted by molar-refractivity contribution is -0.151. The molecule has 4 atom stereocenters. The van der Waals surface area contributed by atoms with Crippen LogP contribution in [-0.4, -0.2) is 40.1 Å². The molecule has 0 bridgehead atoms. The fraction of sp³-hybridized carbons (Fsp3) is 0.400. The average molecular weight is 490 g/mol. The highest BCUT2D eigenvalue weighted by molar-refractivity contribution is 6.25. The molecule has 0 aromatic heterocycles. The number of nitrogens with zero attached hydrogens (tertiary/aromatic N) is 1. The second-order valence-corrected chi connectivity index (χ2v) is 8.83. The third-order valence-electron chi connectivity index (χ3n) is 7.05. The van der Waals surface area contributed by atoms with Crippen molar-refractivity contribution in [3.63, 3.8) is 0 Å². The van der Waals surface area contributed by atoms with E-state index < -0.39 is 59.5 Å². The van der Waals surface area contributed by atoms with Gasteiger partial charge in [0.2, 0.25) is 11.8 Å². The van der Waals surface area contributed by atoms with E-state index in [2.05, 4.69) is 5.32 Å². The molecule has 2 aliphatic heterocycles. The number of carboxylic acid groups (broad SMARTS) is 1. The van der Waals surface area contributed by atoms with Crippen molar-refractivity contribution in [3.05, 3.63) is 64.7 Å². The number of rotatable bonds is 6. The molecule has 35 heavy (non-hydrogen) atoms. The number of carboxylic acids is 1. The fourth-order valence-corrected chi connectivity index (χ4v) is 5.33. The topological polar surface area (TPSA) is 107 Å². The number of halogens is 3. The van der Waals surface area contributed by atoms with Crippen molar-refractivity contribution in [2.75, 3.05) is 11.5 Å². The predicted octanol–water partition coefficient (Wildman–Crippen LogP) is 3.10. The number of aryl methyl sites for hydroxylation is 2. The van der Waals surface area contributed by atoms with E-state index in [1.54, 1.807) is 18.2 Å². The number of aliphatic hydroxyl groups excluding tert-OH is 1. The van der Waals surface area contributed by atoms with E-state index in [-0.39, 0.29) is 5.56 Å². The van der Waals surface area contributed by atoms with E-state index in [4.69, 9.17) is 0 Å². The molecule has 0 spiro atoms. The summed E-state index contributed by atoms with van der Waals surface area (Å²) in [6.45, 7) is 2.68. The van der Waals surface area contributed by atoms with Gasteiger partial charge in [-0.05, 0) is 41.7 Å². The Hall–Kier alpha value is -3.24. The highest BCUT2D eigenvalue weighted by Crippen LogP contribution is 2.51. The van der Waals surface area contributed by atoms with E-state index in [0.717, 1.165) is 23.1 Å². The maximum atomic E-state index is 13.8. The van der Waals surface area contributed by atoms with Crippen LogP contribution in [0, 0.1) is 11.8 Å². The number of aliphatic carboxylic acids is 1. The quantitative estimate of drug-likeness (QED) is 0.538. The Morgan fingerprint density at radius 3 is 2.17 bits per heavy atom. The van der Waals surface area contributed by atoms with Crippen molar-refractivity contribution in [3.8, 4) is 0 Å². The molecule has 186 valence electrons. The van der Waals surface area contributed by atoms with Crippen LogP contribution in [0.1, 0.15) is 42.1 Å². The molecule has 10 heteroatoms. The van der Waals surface area contributed by atoms with Crippen LogP contribution < -0.4 is 10.2 Å². The average Bonchev–Trinajstić information content (AvgIpc) is 3.32. The van der Waals surface area contributed by atoms with Gasteiger partial charge in [0.1, 0.15) is 0 Å². The molecule has 2 amide bonds. The molecule has 4 rings (SSSR count). The number of aliphatic hydroxyl groups is 1. The SMILES string of the molecule is CCc1cccc(CC)c1N1C(=O)C2C(c3cccc(C(F)(F)F)c3)NC(CO)(C(=O)O)C2C1=O. The van der Waals surface area contributed by atoms with E-state index in [0.29, 0.717) is 29.7 Å². The lowest BCUT2D eigenvalue weighted by atomic mass is 9.79. The van der Waals surface area contributed by atoms with E-state index in [9.17, 15) is 37.8 Å². The Kier molecular flexibility index (Phi) is 6.23. The van der Waals surface area contributed by atoms with Crippen LogP contribution in [0.2, 0.25) is 0 Å². The number of alkyl halides is 3. The number of fused-ring (bicyclic) bond motifs is 1. The molecule has 2 saturated heterocycles. The van der Waals surface area contributed by atoms with Gasteiger partial charge in [-0.15, -0.1) is 0 Å². The van der Waals surface area contributed by atoms with Crippen molar-refractivity contribution < 1.29 is 37.8 Å². The summed E-state index contributed by atoms with van der Waals surface area (Å²) in [5.41, 5.74) is -1.41. The molecule has 0 aliphatic carbocycles. The van der Waals surface area contributed by atoms with Crippen molar-refractivity contribution in [1.82, 2.24) is 5.32 Å². The van der Waals surface area contributed by atoms with Gasteiger partial charge < -0.3 is 10.2 Å². The van der Waals surface area contributed by atoms with Gasteiger partial charge in [0, 0.05) is 6.04 Å². The van der Waals surface area contributed by atoms with Gasteiger partial charge in [-0.3, -0.25) is 19.7 Å². The van der Waals surface area contributed by atoms with Gasteiger partial charge in [0.15, 0.2) is 5.54 Å². The normalized spacial score (nSPS) is 26.3. The number of hydrogen-bond acceptors (Lipinski definition) is 5. The van der Waals surface area contributed by atoms with E-state index >= 15 is 0 Å². The highest BCUT2D eigenvalue weighted by Gasteiger charge is 2.69. The van der Waals surface area contributed by atoms with Gasteiger partial charge in [0.05, 0.1) is 29.7 Å². The Labute approximate surface area is 199 Å². The van der Waals surface area contributed by atoms with E-state index in [1.807, 2.05) is 13.8 Å². The number of para-hydroxylation sites is 1. The maximum Gasteiger partial charge on any atom is 0.416 e. The molecule has 3 N–H and O–H groups in total. The monoisotopic (exact) mass is 490 g/mol. The molecule has 0 saturated carbocycles. The number of imide groups is 1. The third kappa shape index (κ3) is 3.71. The van der Waals surface area contributed by atoms with Crippen molar-refractivity contribution in [2.24, 2.45) is 11.8 Å². The van der Waals surface area contributed by atoms with Crippen LogP contribution in [0.3, 0.4) is 0 Å². The van der Waals surface area contributed by atoms with Crippen LogP contribution in [0.4, 0.5) is 18.9 Å². The number of benzene rings is 2. The lowest BCUT2D eigenvalue weighted by Gasteiger charge is -2.30. The fourth-order valence-electron chi connectivity index (χ4n) is 5.33. The summed E-state index contributed by atoms with van der Waals surface area (Å²) in [5, 5.41) is 22.8. The number of carbonyl (C=O) groups is 3. The molecule has 4 unspecified atom stereocenters. The van der Waals surface area contributed by atoms with Gasteiger partial charge in [-0.2, -0.15) is 13.2 Å². The third-order valence-corrected chi connectivity index (χ3v) is 7.05. The first-order valence-electron chi connectivity index (χ1n) is 11.3. The smallest absolute Gasteiger partial charge is 0.416 e. The first kappa shape index (κ1) is 24.9. The number of carbonyl (C=O) groups excluding carboxylic acids is 2. The summed E-state index contributed by atoms with van der Waals surface area (Å²) in [4.78, 5) is 40.9. The Balaban J connectivity index is 1.90. The minimum absolute atomic E-state index is 0.00823. The second-order valence-electron chi connectivity index (χ2n) is 8.83. The molecule has 2 aromatic rings. The number of nitrogens with one attached hydrogen (secondary N) is 1. The summed E-state index contributed by atoms with van der Waals surface area (Å²) in [7, 11) is 0. The van der Waals surface area contributed by atoms with Crippen LogP contribution in [0.15, 0.2) is 42.5 Å². The van der Waals surface area contributed by atoms with Crippen LogP contribution in [-0.2, 0) is 33.4 Å². The van der Waals surface area contributed by atoms with Crippen molar-refractivity contribution >= 4 is 23.5 Å². The van der Waals surface area contributed by atoms with E-state index in [1.165, 1.54) is 6.07 Å². The highest BCUT2D eigenvalue weighted by atomic mass is 19.4. The Morgan fingerprint density at radius 1 is 1.06 bits per heavy atom. The first-order chi connectivity index (χ1) is 16.5. The largest absolute Gasteiger partial charge is 0.480 e. The van der Waals surface area contributed by atoms with Crippen LogP contribution >= 0.6 is 0 Å². The first-order valence-corrected chi connectivity index (χ1v) is 11.3. The summed E-state index contributed by atoms with van der Waals surface area (Å²) < 4.78 is 40.1. The number of hydrogen-bond donors (Lipinski definition) is 3. The number of amides is 2. The zero-order chi connectivity index (χ0) is 25.7. The predicted molar refractivity (Wildman–Crippen MR) is 119 cm³/mol. The molecular formula is C25H25F3N2O5. The lowest BCUT2D eigenvalue weighted by Crippen LogP contribution is -2.58.